The lowest BCUT2D eigenvalue weighted by Crippen LogP contribution is -2.09. The van der Waals surface area contributed by atoms with Crippen molar-refractivity contribution in [2.75, 3.05) is 0 Å². The SMILES string of the molecule is Cc1ccc(S(=O)(=O)Cc2nnc(SCc3ccccc3C)n2C)cc1. The molecule has 0 bridgehead atoms. The minimum Gasteiger partial charge on any atom is -0.308 e. The van der Waals surface area contributed by atoms with Crippen LogP contribution in [0, 0.1) is 13.8 Å². The quantitative estimate of drug-likeness (QED) is 0.604. The molecule has 0 N–H and O–H groups in total. The van der Waals surface area contributed by atoms with E-state index in [-0.39, 0.29) is 5.75 Å². The maximum atomic E-state index is 12.6. The molecule has 0 aliphatic carbocycles. The fourth-order valence-electron chi connectivity index (χ4n) is 2.51. The molecular formula is C19H21N3O2S2. The minimum absolute atomic E-state index is 0.162. The number of hydrogen-bond donors (Lipinski definition) is 0. The number of rotatable bonds is 6. The molecule has 3 rings (SSSR count). The van der Waals surface area contributed by atoms with Gasteiger partial charge in [0.05, 0.1) is 4.90 Å². The molecule has 0 unspecified atom stereocenters. The van der Waals surface area contributed by atoms with E-state index in [2.05, 4.69) is 29.3 Å². The molecule has 0 spiro atoms. The van der Waals surface area contributed by atoms with E-state index < -0.39 is 9.84 Å². The summed E-state index contributed by atoms with van der Waals surface area (Å²) in [4.78, 5) is 0.306. The molecule has 0 fully saturated rings. The minimum atomic E-state index is -3.45. The van der Waals surface area contributed by atoms with Gasteiger partial charge < -0.3 is 4.57 Å². The number of sulfone groups is 1. The van der Waals surface area contributed by atoms with Gasteiger partial charge in [-0.3, -0.25) is 0 Å². The van der Waals surface area contributed by atoms with Gasteiger partial charge >= 0.3 is 0 Å². The molecule has 0 atom stereocenters. The van der Waals surface area contributed by atoms with Gasteiger partial charge in [-0.05, 0) is 37.1 Å². The Labute approximate surface area is 158 Å². The van der Waals surface area contributed by atoms with Crippen LogP contribution in [-0.2, 0) is 28.4 Å². The third-order valence-corrected chi connectivity index (χ3v) is 6.94. The number of aryl methyl sites for hydroxylation is 2. The molecule has 5 nitrogen and oxygen atoms in total. The Kier molecular flexibility index (Phi) is 5.48. The van der Waals surface area contributed by atoms with E-state index >= 15 is 0 Å². The van der Waals surface area contributed by atoms with E-state index in [0.29, 0.717) is 15.9 Å². The van der Waals surface area contributed by atoms with Crippen molar-refractivity contribution in [1.29, 1.82) is 0 Å². The Morgan fingerprint density at radius 2 is 1.69 bits per heavy atom. The van der Waals surface area contributed by atoms with Crippen LogP contribution in [0.4, 0.5) is 0 Å². The first-order valence-electron chi connectivity index (χ1n) is 8.22. The predicted octanol–water partition coefficient (Wildman–Crippen LogP) is 3.70. The lowest BCUT2D eigenvalue weighted by atomic mass is 10.1. The van der Waals surface area contributed by atoms with Gasteiger partial charge in [0.2, 0.25) is 0 Å². The van der Waals surface area contributed by atoms with Crippen molar-refractivity contribution in [3.8, 4) is 0 Å². The molecular weight excluding hydrogens is 366 g/mol. The molecule has 3 aromatic rings. The van der Waals surface area contributed by atoms with Gasteiger partial charge in [-0.25, -0.2) is 8.42 Å². The molecule has 136 valence electrons. The largest absolute Gasteiger partial charge is 0.308 e. The number of nitrogens with zero attached hydrogens (tertiary/aromatic N) is 3. The number of aromatic nitrogens is 3. The van der Waals surface area contributed by atoms with Gasteiger partial charge in [-0.1, -0.05) is 53.7 Å². The summed E-state index contributed by atoms with van der Waals surface area (Å²) in [6, 6.07) is 15.1. The topological polar surface area (TPSA) is 64.8 Å². The molecule has 1 heterocycles. The van der Waals surface area contributed by atoms with Gasteiger partial charge in [-0.15, -0.1) is 10.2 Å². The standard InChI is InChI=1S/C19H21N3O2S2/c1-14-8-10-17(11-9-14)26(23,24)13-18-20-21-19(22(18)3)25-12-16-7-5-4-6-15(16)2/h4-11H,12-13H2,1-3H3. The average Bonchev–Trinajstić information content (AvgIpc) is 2.94. The molecule has 7 heteroatoms. The van der Waals surface area contributed by atoms with E-state index in [4.69, 9.17) is 0 Å². The van der Waals surface area contributed by atoms with Crippen LogP contribution in [0.15, 0.2) is 58.6 Å². The second-order valence-corrected chi connectivity index (χ2v) is 9.18. The number of benzene rings is 2. The molecule has 0 amide bonds. The summed E-state index contributed by atoms with van der Waals surface area (Å²) >= 11 is 1.55. The summed E-state index contributed by atoms with van der Waals surface area (Å²) in [7, 11) is -1.64. The maximum Gasteiger partial charge on any atom is 0.191 e. The van der Waals surface area contributed by atoms with Crippen molar-refractivity contribution < 1.29 is 8.42 Å². The van der Waals surface area contributed by atoms with E-state index in [1.807, 2.05) is 19.1 Å². The second-order valence-electron chi connectivity index (χ2n) is 6.25. The van der Waals surface area contributed by atoms with Gasteiger partial charge in [0, 0.05) is 12.8 Å². The zero-order valence-electron chi connectivity index (χ0n) is 15.0. The highest BCUT2D eigenvalue weighted by Gasteiger charge is 2.20. The molecule has 0 saturated carbocycles. The van der Waals surface area contributed by atoms with Crippen molar-refractivity contribution in [2.24, 2.45) is 7.05 Å². The van der Waals surface area contributed by atoms with Gasteiger partial charge in [0.25, 0.3) is 0 Å². The maximum absolute atomic E-state index is 12.6. The number of thioether (sulfide) groups is 1. The summed E-state index contributed by atoms with van der Waals surface area (Å²) in [5.41, 5.74) is 3.48. The second kappa shape index (κ2) is 7.63. The summed E-state index contributed by atoms with van der Waals surface area (Å²) in [5.74, 6) is 1.05. The summed E-state index contributed by atoms with van der Waals surface area (Å²) < 4.78 is 27.0. The van der Waals surface area contributed by atoms with Crippen LogP contribution in [0.1, 0.15) is 22.5 Å². The van der Waals surface area contributed by atoms with Crippen molar-refractivity contribution in [2.45, 2.75) is 35.4 Å². The third-order valence-electron chi connectivity index (χ3n) is 4.24. The van der Waals surface area contributed by atoms with Crippen LogP contribution < -0.4 is 0 Å². The van der Waals surface area contributed by atoms with Crippen LogP contribution in [0.2, 0.25) is 0 Å². The van der Waals surface area contributed by atoms with Crippen LogP contribution in [-0.4, -0.2) is 23.2 Å². The van der Waals surface area contributed by atoms with Crippen LogP contribution in [0.3, 0.4) is 0 Å². The zero-order chi connectivity index (χ0) is 18.7. The summed E-state index contributed by atoms with van der Waals surface area (Å²) in [6.45, 7) is 4.00. The first-order valence-corrected chi connectivity index (χ1v) is 10.9. The number of hydrogen-bond acceptors (Lipinski definition) is 5. The van der Waals surface area contributed by atoms with Crippen molar-refractivity contribution in [3.05, 3.63) is 71.0 Å². The lowest BCUT2D eigenvalue weighted by Gasteiger charge is -2.07. The Morgan fingerprint density at radius 1 is 1.00 bits per heavy atom. The molecule has 0 aliphatic heterocycles. The van der Waals surface area contributed by atoms with Crippen LogP contribution in [0.25, 0.3) is 0 Å². The Bertz CT molecular complexity index is 1010. The van der Waals surface area contributed by atoms with E-state index in [9.17, 15) is 8.42 Å². The molecule has 2 aromatic carbocycles. The van der Waals surface area contributed by atoms with E-state index in [1.54, 1.807) is 47.6 Å². The fraction of sp³-hybridized carbons (Fsp3) is 0.263. The fourth-order valence-corrected chi connectivity index (χ4v) is 4.82. The predicted molar refractivity (Wildman–Crippen MR) is 104 cm³/mol. The first kappa shape index (κ1) is 18.7. The molecule has 1 aromatic heterocycles. The highest BCUT2D eigenvalue weighted by atomic mass is 32.2. The van der Waals surface area contributed by atoms with Crippen molar-refractivity contribution >= 4 is 21.6 Å². The molecule has 0 aliphatic rings. The monoisotopic (exact) mass is 387 g/mol. The summed E-state index contributed by atoms with van der Waals surface area (Å²) in [6.07, 6.45) is 0. The highest BCUT2D eigenvalue weighted by molar-refractivity contribution is 7.98. The van der Waals surface area contributed by atoms with Crippen LogP contribution >= 0.6 is 11.8 Å². The van der Waals surface area contributed by atoms with Crippen molar-refractivity contribution in [1.82, 2.24) is 14.8 Å². The third kappa shape index (κ3) is 4.16. The van der Waals surface area contributed by atoms with Crippen LogP contribution in [0.5, 0.6) is 0 Å². The lowest BCUT2D eigenvalue weighted by molar-refractivity contribution is 0.591. The smallest absolute Gasteiger partial charge is 0.191 e. The van der Waals surface area contributed by atoms with Gasteiger partial charge in [-0.2, -0.15) is 0 Å². The van der Waals surface area contributed by atoms with Crippen molar-refractivity contribution in [3.63, 3.8) is 0 Å². The van der Waals surface area contributed by atoms with E-state index in [1.165, 1.54) is 11.1 Å². The Hall–Kier alpha value is -2.12. The molecule has 0 saturated heterocycles. The van der Waals surface area contributed by atoms with Gasteiger partial charge in [0.15, 0.2) is 15.0 Å². The Morgan fingerprint density at radius 3 is 2.38 bits per heavy atom. The molecule has 0 radical (unpaired) electrons. The zero-order valence-corrected chi connectivity index (χ0v) is 16.6. The van der Waals surface area contributed by atoms with Gasteiger partial charge in [0.1, 0.15) is 11.6 Å². The normalized spacial score (nSPS) is 11.7. The Balaban J connectivity index is 1.74. The first-order chi connectivity index (χ1) is 12.4. The summed E-state index contributed by atoms with van der Waals surface area (Å²) in [5, 5.41) is 8.97. The molecule has 26 heavy (non-hydrogen) atoms. The highest BCUT2D eigenvalue weighted by Crippen LogP contribution is 2.24. The average molecular weight is 388 g/mol. The van der Waals surface area contributed by atoms with E-state index in [0.717, 1.165) is 11.3 Å².